The van der Waals surface area contributed by atoms with Crippen LogP contribution in [-0.4, -0.2) is 27.6 Å². The highest BCUT2D eigenvalue weighted by Crippen LogP contribution is 2.08. The Bertz CT molecular complexity index is 594. The molecule has 5 heteroatoms. The van der Waals surface area contributed by atoms with E-state index in [2.05, 4.69) is 5.10 Å². The van der Waals surface area contributed by atoms with E-state index in [0.29, 0.717) is 19.4 Å². The minimum atomic E-state index is -0.279. The van der Waals surface area contributed by atoms with Gasteiger partial charge in [0.15, 0.2) is 0 Å². The van der Waals surface area contributed by atoms with Gasteiger partial charge in [-0.05, 0) is 29.7 Å². The number of nitrogens with zero attached hydrogens (tertiary/aromatic N) is 3. The molecule has 106 valence electrons. The van der Waals surface area contributed by atoms with Crippen LogP contribution in [0.2, 0.25) is 0 Å². The standard InChI is InChI=1S/C15H18FN3O/c1-18(10-12-4-3-5-14(16)8-12)15(20)7-6-13-9-17-19(2)11-13/h3-5,8-9,11H,6-7,10H2,1-2H3. The van der Waals surface area contributed by atoms with Crippen molar-refractivity contribution in [3.63, 3.8) is 0 Å². The summed E-state index contributed by atoms with van der Waals surface area (Å²) in [7, 11) is 3.58. The average molecular weight is 275 g/mol. The lowest BCUT2D eigenvalue weighted by atomic mass is 10.1. The quantitative estimate of drug-likeness (QED) is 0.838. The number of rotatable bonds is 5. The van der Waals surface area contributed by atoms with Crippen LogP contribution < -0.4 is 0 Å². The molecule has 0 aliphatic heterocycles. The molecular weight excluding hydrogens is 257 g/mol. The Hall–Kier alpha value is -2.17. The predicted octanol–water partition coefficient (Wildman–Crippen LogP) is 2.15. The van der Waals surface area contributed by atoms with Gasteiger partial charge in [-0.2, -0.15) is 5.10 Å². The smallest absolute Gasteiger partial charge is 0.222 e. The summed E-state index contributed by atoms with van der Waals surface area (Å²) in [6.45, 7) is 0.420. The number of halogens is 1. The maximum atomic E-state index is 13.1. The highest BCUT2D eigenvalue weighted by atomic mass is 19.1. The van der Waals surface area contributed by atoms with Crippen molar-refractivity contribution in [3.05, 3.63) is 53.6 Å². The fourth-order valence-electron chi connectivity index (χ4n) is 2.04. The molecule has 20 heavy (non-hydrogen) atoms. The molecule has 1 heterocycles. The van der Waals surface area contributed by atoms with Crippen LogP contribution in [0, 0.1) is 5.82 Å². The van der Waals surface area contributed by atoms with Crippen molar-refractivity contribution in [1.82, 2.24) is 14.7 Å². The Morgan fingerprint density at radius 2 is 2.20 bits per heavy atom. The summed E-state index contributed by atoms with van der Waals surface area (Å²) >= 11 is 0. The van der Waals surface area contributed by atoms with Crippen LogP contribution in [0.4, 0.5) is 4.39 Å². The highest BCUT2D eigenvalue weighted by Gasteiger charge is 2.10. The van der Waals surface area contributed by atoms with Crippen molar-refractivity contribution in [2.24, 2.45) is 7.05 Å². The summed E-state index contributed by atoms with van der Waals surface area (Å²) < 4.78 is 14.8. The van der Waals surface area contributed by atoms with E-state index >= 15 is 0 Å². The SMILES string of the molecule is CN(Cc1cccc(F)c1)C(=O)CCc1cnn(C)c1. The maximum Gasteiger partial charge on any atom is 0.222 e. The number of aromatic nitrogens is 2. The lowest BCUT2D eigenvalue weighted by molar-refractivity contribution is -0.130. The van der Waals surface area contributed by atoms with Crippen molar-refractivity contribution in [2.45, 2.75) is 19.4 Å². The molecule has 0 aliphatic carbocycles. The van der Waals surface area contributed by atoms with Crippen LogP contribution >= 0.6 is 0 Å². The number of hydrogen-bond donors (Lipinski definition) is 0. The lowest BCUT2D eigenvalue weighted by Gasteiger charge is -2.17. The summed E-state index contributed by atoms with van der Waals surface area (Å²) in [5, 5.41) is 4.07. The second-order valence-electron chi connectivity index (χ2n) is 4.90. The van der Waals surface area contributed by atoms with E-state index in [4.69, 9.17) is 0 Å². The zero-order chi connectivity index (χ0) is 14.5. The third-order valence-corrected chi connectivity index (χ3v) is 3.12. The third kappa shape index (κ3) is 3.91. The molecule has 0 N–H and O–H groups in total. The zero-order valence-electron chi connectivity index (χ0n) is 11.7. The first-order valence-corrected chi connectivity index (χ1v) is 6.50. The molecule has 1 aromatic carbocycles. The van der Waals surface area contributed by atoms with Crippen molar-refractivity contribution in [1.29, 1.82) is 0 Å². The first-order valence-electron chi connectivity index (χ1n) is 6.50. The van der Waals surface area contributed by atoms with Gasteiger partial charge < -0.3 is 4.90 Å². The van der Waals surface area contributed by atoms with Crippen LogP contribution in [0.5, 0.6) is 0 Å². The normalized spacial score (nSPS) is 10.6. The summed E-state index contributed by atoms with van der Waals surface area (Å²) in [6.07, 6.45) is 4.76. The molecular formula is C15H18FN3O. The van der Waals surface area contributed by atoms with Gasteiger partial charge in [-0.1, -0.05) is 12.1 Å². The van der Waals surface area contributed by atoms with E-state index in [1.807, 2.05) is 19.3 Å². The number of hydrogen-bond acceptors (Lipinski definition) is 2. The molecule has 2 rings (SSSR count). The molecule has 1 aromatic heterocycles. The van der Waals surface area contributed by atoms with Gasteiger partial charge in [0.25, 0.3) is 0 Å². The lowest BCUT2D eigenvalue weighted by Crippen LogP contribution is -2.26. The first-order chi connectivity index (χ1) is 9.54. The van der Waals surface area contributed by atoms with Gasteiger partial charge >= 0.3 is 0 Å². The van der Waals surface area contributed by atoms with Crippen LogP contribution in [0.15, 0.2) is 36.7 Å². The fraction of sp³-hybridized carbons (Fsp3) is 0.333. The van der Waals surface area contributed by atoms with Crippen molar-refractivity contribution in [3.8, 4) is 0 Å². The third-order valence-electron chi connectivity index (χ3n) is 3.12. The summed E-state index contributed by atoms with van der Waals surface area (Å²) in [6, 6.07) is 6.31. The van der Waals surface area contributed by atoms with Gasteiger partial charge in [0, 0.05) is 33.3 Å². The van der Waals surface area contributed by atoms with E-state index in [9.17, 15) is 9.18 Å². The Labute approximate surface area is 117 Å². The molecule has 0 saturated carbocycles. The summed E-state index contributed by atoms with van der Waals surface area (Å²) in [4.78, 5) is 13.6. The van der Waals surface area contributed by atoms with E-state index in [1.165, 1.54) is 12.1 Å². The molecule has 0 fully saturated rings. The molecule has 4 nitrogen and oxygen atoms in total. The average Bonchev–Trinajstić information content (AvgIpc) is 2.81. The van der Waals surface area contributed by atoms with Crippen molar-refractivity contribution >= 4 is 5.91 Å². The van der Waals surface area contributed by atoms with E-state index in [0.717, 1.165) is 11.1 Å². The molecule has 0 spiro atoms. The Morgan fingerprint density at radius 1 is 1.40 bits per heavy atom. The zero-order valence-corrected chi connectivity index (χ0v) is 11.7. The van der Waals surface area contributed by atoms with Crippen molar-refractivity contribution < 1.29 is 9.18 Å². The van der Waals surface area contributed by atoms with E-state index < -0.39 is 0 Å². The van der Waals surface area contributed by atoms with Crippen LogP contribution in [0.25, 0.3) is 0 Å². The van der Waals surface area contributed by atoms with Gasteiger partial charge in [-0.15, -0.1) is 0 Å². The fourth-order valence-corrected chi connectivity index (χ4v) is 2.04. The molecule has 0 saturated heterocycles. The van der Waals surface area contributed by atoms with Gasteiger partial charge in [0.1, 0.15) is 5.82 Å². The van der Waals surface area contributed by atoms with Crippen molar-refractivity contribution in [2.75, 3.05) is 7.05 Å². The Kier molecular flexibility index (Phi) is 4.50. The second-order valence-corrected chi connectivity index (χ2v) is 4.90. The number of carbonyl (C=O) groups excluding carboxylic acids is 1. The van der Waals surface area contributed by atoms with Crippen LogP contribution in [0.3, 0.4) is 0 Å². The minimum absolute atomic E-state index is 0.0399. The predicted molar refractivity (Wildman–Crippen MR) is 74.4 cm³/mol. The summed E-state index contributed by atoms with van der Waals surface area (Å²) in [5.74, 6) is -0.239. The molecule has 1 amide bonds. The minimum Gasteiger partial charge on any atom is -0.341 e. The van der Waals surface area contributed by atoms with Gasteiger partial charge in [-0.25, -0.2) is 4.39 Å². The van der Waals surface area contributed by atoms with Crippen LogP contribution in [-0.2, 0) is 24.8 Å². The monoisotopic (exact) mass is 275 g/mol. The number of carbonyl (C=O) groups is 1. The van der Waals surface area contributed by atoms with E-state index in [-0.39, 0.29) is 11.7 Å². The topological polar surface area (TPSA) is 38.1 Å². The molecule has 0 aliphatic rings. The number of amides is 1. The molecule has 0 atom stereocenters. The molecule has 0 bridgehead atoms. The number of aryl methyl sites for hydroxylation is 2. The number of benzene rings is 1. The maximum absolute atomic E-state index is 13.1. The highest BCUT2D eigenvalue weighted by molar-refractivity contribution is 5.76. The second kappa shape index (κ2) is 6.32. The van der Waals surface area contributed by atoms with Gasteiger partial charge in [0.05, 0.1) is 6.20 Å². The largest absolute Gasteiger partial charge is 0.341 e. The van der Waals surface area contributed by atoms with Gasteiger partial charge in [-0.3, -0.25) is 9.48 Å². The molecule has 0 radical (unpaired) electrons. The van der Waals surface area contributed by atoms with E-state index in [1.54, 1.807) is 28.9 Å². The Morgan fingerprint density at radius 3 is 2.85 bits per heavy atom. The summed E-state index contributed by atoms with van der Waals surface area (Å²) in [5.41, 5.74) is 1.84. The first kappa shape index (κ1) is 14.2. The molecule has 2 aromatic rings. The van der Waals surface area contributed by atoms with Crippen LogP contribution in [0.1, 0.15) is 17.5 Å². The van der Waals surface area contributed by atoms with Gasteiger partial charge in [0.2, 0.25) is 5.91 Å². The Balaban J connectivity index is 1.85. The molecule has 0 unspecified atom stereocenters.